The van der Waals surface area contributed by atoms with Crippen LogP contribution in [0.25, 0.3) is 10.9 Å². The summed E-state index contributed by atoms with van der Waals surface area (Å²) in [5, 5.41) is 3.34. The number of hydrogen-bond acceptors (Lipinski definition) is 4. The Balaban J connectivity index is 2.51. The molecule has 0 fully saturated rings. The number of pyridine rings is 1. The highest BCUT2D eigenvalue weighted by Crippen LogP contribution is 2.30. The Morgan fingerprint density at radius 1 is 1.20 bits per heavy atom. The number of benzene rings is 1. The number of ether oxygens (including phenoxy) is 1. The first-order valence-corrected chi connectivity index (χ1v) is 5.81. The first-order valence-electron chi connectivity index (χ1n) is 5.81. The number of carbonyl (C=O) groups excluding carboxylic acids is 2. The smallest absolute Gasteiger partial charge is 0.335 e. The zero-order valence-corrected chi connectivity index (χ0v) is 10.6. The molecule has 20 heavy (non-hydrogen) atoms. The van der Waals surface area contributed by atoms with E-state index in [1.807, 2.05) is 0 Å². The van der Waals surface area contributed by atoms with Gasteiger partial charge in [-0.15, -0.1) is 0 Å². The summed E-state index contributed by atoms with van der Waals surface area (Å²) >= 11 is 0. The molecule has 1 aromatic heterocycles. The highest BCUT2D eigenvalue weighted by Gasteiger charge is 2.11. The summed E-state index contributed by atoms with van der Waals surface area (Å²) in [7, 11) is 0. The second-order valence-electron chi connectivity index (χ2n) is 3.83. The lowest BCUT2D eigenvalue weighted by atomic mass is 10.1. The highest BCUT2D eigenvalue weighted by atomic mass is 16.5. The van der Waals surface area contributed by atoms with Crippen LogP contribution in [0.3, 0.4) is 0 Å². The number of esters is 1. The molecule has 0 radical (unpaired) electrons. The summed E-state index contributed by atoms with van der Waals surface area (Å²) < 4.78 is 5.11. The molecule has 0 aliphatic carbocycles. The standard InChI is InChI=1S/C15H12N2O3/c1-3-13(18)17-11-7-8-12(20-14(19)4-2)15-10(11)6-5-9-16-15/h3-9H,1-2H2,(H,17,18). The van der Waals surface area contributed by atoms with Gasteiger partial charge in [-0.2, -0.15) is 0 Å². The molecule has 1 N–H and O–H groups in total. The van der Waals surface area contributed by atoms with Crippen molar-refractivity contribution in [3.8, 4) is 5.75 Å². The van der Waals surface area contributed by atoms with Gasteiger partial charge in [0.05, 0.1) is 5.69 Å². The minimum absolute atomic E-state index is 0.308. The Hall–Kier alpha value is -2.95. The Labute approximate surface area is 115 Å². The highest BCUT2D eigenvalue weighted by molar-refractivity contribution is 6.06. The number of fused-ring (bicyclic) bond motifs is 1. The molecule has 0 spiro atoms. The number of carbonyl (C=O) groups is 2. The molecule has 0 atom stereocenters. The summed E-state index contributed by atoms with van der Waals surface area (Å²) in [6.07, 6.45) is 3.82. The summed E-state index contributed by atoms with van der Waals surface area (Å²) in [5.74, 6) is -0.590. The Kier molecular flexibility index (Phi) is 3.91. The molecule has 5 nitrogen and oxygen atoms in total. The third-order valence-corrected chi connectivity index (χ3v) is 2.55. The molecule has 0 saturated carbocycles. The zero-order valence-electron chi connectivity index (χ0n) is 10.6. The molecule has 5 heteroatoms. The van der Waals surface area contributed by atoms with Crippen LogP contribution in [0.15, 0.2) is 55.8 Å². The van der Waals surface area contributed by atoms with E-state index in [9.17, 15) is 9.59 Å². The fourth-order valence-electron chi connectivity index (χ4n) is 1.67. The molecule has 0 aliphatic heterocycles. The lowest BCUT2D eigenvalue weighted by Gasteiger charge is -2.10. The minimum Gasteiger partial charge on any atom is -0.421 e. The van der Waals surface area contributed by atoms with Gasteiger partial charge in [-0.05, 0) is 30.3 Å². The molecule has 1 aromatic carbocycles. The predicted octanol–water partition coefficient (Wildman–Crippen LogP) is 2.45. The van der Waals surface area contributed by atoms with Gasteiger partial charge in [-0.3, -0.25) is 9.78 Å². The van der Waals surface area contributed by atoms with Crippen molar-refractivity contribution in [1.82, 2.24) is 4.98 Å². The summed E-state index contributed by atoms with van der Waals surface area (Å²) in [5.41, 5.74) is 1.04. The van der Waals surface area contributed by atoms with Crippen LogP contribution in [0.1, 0.15) is 0 Å². The van der Waals surface area contributed by atoms with Crippen molar-refractivity contribution in [2.24, 2.45) is 0 Å². The van der Waals surface area contributed by atoms with Crippen LogP contribution in [0.2, 0.25) is 0 Å². The number of nitrogens with zero attached hydrogens (tertiary/aromatic N) is 1. The maximum absolute atomic E-state index is 11.4. The maximum Gasteiger partial charge on any atom is 0.335 e. The van der Waals surface area contributed by atoms with E-state index in [1.54, 1.807) is 30.5 Å². The van der Waals surface area contributed by atoms with Gasteiger partial charge in [0.2, 0.25) is 5.91 Å². The van der Waals surface area contributed by atoms with E-state index in [0.29, 0.717) is 22.3 Å². The Morgan fingerprint density at radius 2 is 2.00 bits per heavy atom. The molecule has 100 valence electrons. The molecule has 0 unspecified atom stereocenters. The van der Waals surface area contributed by atoms with Gasteiger partial charge in [-0.1, -0.05) is 13.2 Å². The van der Waals surface area contributed by atoms with Crippen molar-refractivity contribution in [1.29, 1.82) is 0 Å². The molecule has 0 saturated heterocycles. The van der Waals surface area contributed by atoms with Crippen LogP contribution in [0, 0.1) is 0 Å². The van der Waals surface area contributed by atoms with Crippen LogP contribution < -0.4 is 10.1 Å². The number of anilines is 1. The van der Waals surface area contributed by atoms with E-state index in [1.165, 1.54) is 6.08 Å². The Bertz CT molecular complexity index is 647. The van der Waals surface area contributed by atoms with Gasteiger partial charge in [0.15, 0.2) is 5.75 Å². The van der Waals surface area contributed by atoms with Crippen LogP contribution in [-0.4, -0.2) is 16.9 Å². The third kappa shape index (κ3) is 2.72. The van der Waals surface area contributed by atoms with Gasteiger partial charge >= 0.3 is 5.97 Å². The van der Waals surface area contributed by atoms with Crippen molar-refractivity contribution in [3.05, 3.63) is 55.8 Å². The van der Waals surface area contributed by atoms with Gasteiger partial charge in [0.25, 0.3) is 0 Å². The fraction of sp³-hybridized carbons (Fsp3) is 0. The van der Waals surface area contributed by atoms with Crippen molar-refractivity contribution in [3.63, 3.8) is 0 Å². The Morgan fingerprint density at radius 3 is 2.70 bits per heavy atom. The number of hydrogen-bond donors (Lipinski definition) is 1. The van der Waals surface area contributed by atoms with Crippen LogP contribution in [0.4, 0.5) is 5.69 Å². The van der Waals surface area contributed by atoms with Crippen molar-refractivity contribution >= 4 is 28.5 Å². The third-order valence-electron chi connectivity index (χ3n) is 2.55. The lowest BCUT2D eigenvalue weighted by molar-refractivity contribution is -0.128. The second kappa shape index (κ2) is 5.79. The van der Waals surface area contributed by atoms with Crippen molar-refractivity contribution in [2.75, 3.05) is 5.32 Å². The fourth-order valence-corrected chi connectivity index (χ4v) is 1.67. The lowest BCUT2D eigenvalue weighted by Crippen LogP contribution is -2.09. The minimum atomic E-state index is -0.570. The zero-order chi connectivity index (χ0) is 14.5. The number of nitrogens with one attached hydrogen (secondary N) is 1. The van der Waals surface area contributed by atoms with E-state index in [-0.39, 0.29) is 5.91 Å². The average Bonchev–Trinajstić information content (AvgIpc) is 2.49. The quantitative estimate of drug-likeness (QED) is 0.525. The SMILES string of the molecule is C=CC(=O)Nc1ccc(OC(=O)C=C)c2ncccc12. The average molecular weight is 268 g/mol. The van der Waals surface area contributed by atoms with E-state index < -0.39 is 5.97 Å². The second-order valence-corrected chi connectivity index (χ2v) is 3.83. The van der Waals surface area contributed by atoms with E-state index >= 15 is 0 Å². The summed E-state index contributed by atoms with van der Waals surface area (Å²) in [6.45, 7) is 6.74. The van der Waals surface area contributed by atoms with Crippen molar-refractivity contribution < 1.29 is 14.3 Å². The van der Waals surface area contributed by atoms with Gasteiger partial charge < -0.3 is 10.1 Å². The monoisotopic (exact) mass is 268 g/mol. The van der Waals surface area contributed by atoms with Crippen LogP contribution in [0.5, 0.6) is 5.75 Å². The molecule has 1 amide bonds. The first kappa shape index (κ1) is 13.5. The number of amides is 1. The van der Waals surface area contributed by atoms with E-state index in [0.717, 1.165) is 6.08 Å². The van der Waals surface area contributed by atoms with Crippen LogP contribution >= 0.6 is 0 Å². The van der Waals surface area contributed by atoms with E-state index in [2.05, 4.69) is 23.5 Å². The predicted molar refractivity (Wildman–Crippen MR) is 76.4 cm³/mol. The topological polar surface area (TPSA) is 68.3 Å². The van der Waals surface area contributed by atoms with Crippen LogP contribution in [-0.2, 0) is 9.59 Å². The molecule has 0 aliphatic rings. The molecular formula is C15H12N2O3. The maximum atomic E-state index is 11.4. The number of aromatic nitrogens is 1. The normalized spacial score (nSPS) is 9.80. The molecular weight excluding hydrogens is 256 g/mol. The first-order chi connectivity index (χ1) is 9.65. The van der Waals surface area contributed by atoms with Gasteiger partial charge in [0, 0.05) is 17.7 Å². The van der Waals surface area contributed by atoms with Crippen molar-refractivity contribution in [2.45, 2.75) is 0 Å². The van der Waals surface area contributed by atoms with Gasteiger partial charge in [-0.25, -0.2) is 4.79 Å². The summed E-state index contributed by atoms with van der Waals surface area (Å²) in [6, 6.07) is 6.70. The summed E-state index contributed by atoms with van der Waals surface area (Å²) in [4.78, 5) is 26.8. The molecule has 1 heterocycles. The largest absolute Gasteiger partial charge is 0.421 e. The molecule has 0 bridgehead atoms. The molecule has 2 rings (SSSR count). The van der Waals surface area contributed by atoms with Gasteiger partial charge in [0.1, 0.15) is 5.52 Å². The molecule has 2 aromatic rings. The number of rotatable bonds is 4. The van der Waals surface area contributed by atoms with E-state index in [4.69, 9.17) is 4.74 Å².